The number of hydrogen-bond acceptors (Lipinski definition) is 5. The van der Waals surface area contributed by atoms with E-state index in [9.17, 15) is 17.2 Å². The maximum atomic E-state index is 13.8. The van der Waals surface area contributed by atoms with E-state index in [1.54, 1.807) is 36.4 Å². The van der Waals surface area contributed by atoms with E-state index in [1.165, 1.54) is 42.8 Å². The molecule has 0 aliphatic carbocycles. The van der Waals surface area contributed by atoms with Crippen molar-refractivity contribution in [1.82, 2.24) is 4.90 Å². The highest BCUT2D eigenvalue weighted by Gasteiger charge is 2.34. The van der Waals surface area contributed by atoms with E-state index in [2.05, 4.69) is 4.90 Å². The van der Waals surface area contributed by atoms with Gasteiger partial charge in [0.15, 0.2) is 0 Å². The van der Waals surface area contributed by atoms with Crippen molar-refractivity contribution in [2.75, 3.05) is 31.6 Å². The molecule has 1 saturated heterocycles. The Hall–Kier alpha value is -3.17. The molecule has 35 heavy (non-hydrogen) atoms. The average Bonchev–Trinajstić information content (AvgIpc) is 2.84. The van der Waals surface area contributed by atoms with Crippen LogP contribution in [0.1, 0.15) is 18.4 Å². The summed E-state index contributed by atoms with van der Waals surface area (Å²) < 4.78 is 66.8. The first-order chi connectivity index (χ1) is 16.8. The summed E-state index contributed by atoms with van der Waals surface area (Å²) in [5.74, 6) is -0.0867. The molecule has 0 unspecified atom stereocenters. The highest BCUT2D eigenvalue weighted by molar-refractivity contribution is 7.92. The molecule has 186 valence electrons. The highest BCUT2D eigenvalue weighted by Crippen LogP contribution is 2.33. The molecule has 0 amide bonds. The Labute approximate surface area is 204 Å². The lowest BCUT2D eigenvalue weighted by Crippen LogP contribution is -2.47. The second-order valence-corrected chi connectivity index (χ2v) is 10.3. The number of halogens is 2. The molecule has 0 saturated carbocycles. The summed E-state index contributed by atoms with van der Waals surface area (Å²) in [5, 5.41) is 0. The number of benzene rings is 3. The summed E-state index contributed by atoms with van der Waals surface area (Å²) in [6.07, 6.45) is 1.12. The predicted octanol–water partition coefficient (Wildman–Crippen LogP) is 4.84. The van der Waals surface area contributed by atoms with Crippen molar-refractivity contribution < 1.29 is 26.7 Å². The second kappa shape index (κ2) is 10.6. The van der Waals surface area contributed by atoms with Crippen molar-refractivity contribution in [3.05, 3.63) is 83.9 Å². The van der Waals surface area contributed by atoms with E-state index in [0.29, 0.717) is 55.2 Å². The minimum Gasteiger partial charge on any atom is -0.497 e. The minimum absolute atomic E-state index is 0.166. The summed E-state index contributed by atoms with van der Waals surface area (Å²) >= 11 is 0. The lowest BCUT2D eigenvalue weighted by Gasteiger charge is -2.39. The van der Waals surface area contributed by atoms with Gasteiger partial charge in [0.1, 0.15) is 23.1 Å². The Balaban J connectivity index is 1.59. The van der Waals surface area contributed by atoms with E-state index < -0.39 is 21.7 Å². The van der Waals surface area contributed by atoms with Crippen LogP contribution < -0.4 is 13.8 Å². The SMILES string of the molecule is COc1ccc(S(=O)(=O)N(c2cccc(OC)c2)C2CCN(Cc3cc(F)cc(F)c3)CC2)cc1. The molecule has 9 heteroatoms. The van der Waals surface area contributed by atoms with Gasteiger partial charge in [-0.05, 0) is 66.9 Å². The van der Waals surface area contributed by atoms with Crippen LogP contribution in [0, 0.1) is 11.6 Å². The standard InChI is InChI=1S/C26H28F2N2O4S/c1-33-24-6-8-26(9-7-24)35(31,32)30(23-4-3-5-25(17-23)34-2)22-10-12-29(13-11-22)18-19-14-20(27)16-21(28)15-19/h3-9,14-17,22H,10-13,18H2,1-2H3. The zero-order valence-corrected chi connectivity index (χ0v) is 20.5. The predicted molar refractivity (Wildman–Crippen MR) is 130 cm³/mol. The van der Waals surface area contributed by atoms with E-state index >= 15 is 0 Å². The number of likely N-dealkylation sites (tertiary alicyclic amines) is 1. The summed E-state index contributed by atoms with van der Waals surface area (Å²) in [4.78, 5) is 2.24. The van der Waals surface area contributed by atoms with Gasteiger partial charge in [-0.15, -0.1) is 0 Å². The third-order valence-electron chi connectivity index (χ3n) is 6.14. The van der Waals surface area contributed by atoms with Crippen LogP contribution in [0.25, 0.3) is 0 Å². The molecule has 1 aliphatic heterocycles. The summed E-state index contributed by atoms with van der Waals surface area (Å²) in [5.41, 5.74) is 1.07. The molecular weight excluding hydrogens is 474 g/mol. The summed E-state index contributed by atoms with van der Waals surface area (Å²) in [6, 6.07) is 16.5. The minimum atomic E-state index is -3.89. The second-order valence-electron chi connectivity index (χ2n) is 8.46. The molecule has 6 nitrogen and oxygen atoms in total. The monoisotopic (exact) mass is 502 g/mol. The van der Waals surface area contributed by atoms with Gasteiger partial charge in [0, 0.05) is 37.8 Å². The van der Waals surface area contributed by atoms with Gasteiger partial charge >= 0.3 is 0 Å². The molecule has 1 heterocycles. The normalized spacial score (nSPS) is 15.1. The van der Waals surface area contributed by atoms with E-state index in [0.717, 1.165) is 6.07 Å². The van der Waals surface area contributed by atoms with Crippen molar-refractivity contribution in [3.8, 4) is 11.5 Å². The van der Waals surface area contributed by atoms with Crippen LogP contribution in [0.4, 0.5) is 14.5 Å². The fourth-order valence-corrected chi connectivity index (χ4v) is 6.13. The average molecular weight is 503 g/mol. The van der Waals surface area contributed by atoms with Crippen molar-refractivity contribution in [2.45, 2.75) is 30.3 Å². The van der Waals surface area contributed by atoms with Crippen LogP contribution in [0.5, 0.6) is 11.5 Å². The molecule has 0 spiro atoms. The van der Waals surface area contributed by atoms with Crippen LogP contribution >= 0.6 is 0 Å². The Kier molecular flexibility index (Phi) is 7.57. The molecule has 1 fully saturated rings. The Morgan fingerprint density at radius 1 is 0.886 bits per heavy atom. The summed E-state index contributed by atoms with van der Waals surface area (Å²) in [6.45, 7) is 1.56. The van der Waals surface area contributed by atoms with Crippen molar-refractivity contribution >= 4 is 15.7 Å². The Morgan fingerprint density at radius 3 is 2.11 bits per heavy atom. The molecule has 0 radical (unpaired) electrons. The van der Waals surface area contributed by atoms with Crippen molar-refractivity contribution in [3.63, 3.8) is 0 Å². The van der Waals surface area contributed by atoms with Gasteiger partial charge in [-0.2, -0.15) is 0 Å². The fourth-order valence-electron chi connectivity index (χ4n) is 4.43. The van der Waals surface area contributed by atoms with Crippen LogP contribution in [-0.2, 0) is 16.6 Å². The van der Waals surface area contributed by atoms with Gasteiger partial charge in [-0.1, -0.05) is 6.07 Å². The first-order valence-corrected chi connectivity index (χ1v) is 12.7. The number of hydrogen-bond donors (Lipinski definition) is 0. The third kappa shape index (κ3) is 5.74. The molecule has 0 aromatic heterocycles. The van der Waals surface area contributed by atoms with Crippen molar-refractivity contribution in [1.29, 1.82) is 0 Å². The maximum absolute atomic E-state index is 13.8. The highest BCUT2D eigenvalue weighted by atomic mass is 32.2. The molecule has 0 N–H and O–H groups in total. The Morgan fingerprint density at radius 2 is 1.51 bits per heavy atom. The number of sulfonamides is 1. The molecule has 3 aromatic rings. The summed E-state index contributed by atoms with van der Waals surface area (Å²) in [7, 11) is -0.824. The van der Waals surface area contributed by atoms with Crippen LogP contribution in [-0.4, -0.2) is 46.7 Å². The molecule has 0 bridgehead atoms. The first-order valence-electron chi connectivity index (χ1n) is 11.3. The molecule has 3 aromatic carbocycles. The van der Waals surface area contributed by atoms with E-state index in [1.807, 2.05) is 0 Å². The quantitative estimate of drug-likeness (QED) is 0.441. The van der Waals surface area contributed by atoms with Gasteiger partial charge in [-0.25, -0.2) is 17.2 Å². The van der Waals surface area contributed by atoms with E-state index in [4.69, 9.17) is 9.47 Å². The Bertz CT molecular complexity index is 1240. The zero-order chi connectivity index (χ0) is 25.0. The van der Waals surface area contributed by atoms with Gasteiger partial charge in [0.2, 0.25) is 0 Å². The molecule has 1 aliphatic rings. The topological polar surface area (TPSA) is 59.1 Å². The zero-order valence-electron chi connectivity index (χ0n) is 19.7. The van der Waals surface area contributed by atoms with Gasteiger partial charge in [-0.3, -0.25) is 9.21 Å². The largest absolute Gasteiger partial charge is 0.497 e. The number of methoxy groups -OCH3 is 2. The number of anilines is 1. The lowest BCUT2D eigenvalue weighted by atomic mass is 10.0. The number of nitrogens with zero attached hydrogens (tertiary/aromatic N) is 2. The van der Waals surface area contributed by atoms with Gasteiger partial charge < -0.3 is 9.47 Å². The fraction of sp³-hybridized carbons (Fsp3) is 0.308. The van der Waals surface area contributed by atoms with Crippen LogP contribution in [0.3, 0.4) is 0 Å². The first kappa shape index (κ1) is 24.9. The smallest absolute Gasteiger partial charge is 0.264 e. The van der Waals surface area contributed by atoms with Crippen molar-refractivity contribution in [2.24, 2.45) is 0 Å². The molecule has 0 atom stereocenters. The molecular formula is C26H28F2N2O4S. The number of ether oxygens (including phenoxy) is 2. The van der Waals surface area contributed by atoms with Crippen LogP contribution in [0.15, 0.2) is 71.6 Å². The van der Waals surface area contributed by atoms with Crippen LogP contribution in [0.2, 0.25) is 0 Å². The molecule has 4 rings (SSSR count). The number of rotatable bonds is 8. The number of piperidine rings is 1. The maximum Gasteiger partial charge on any atom is 0.264 e. The van der Waals surface area contributed by atoms with Gasteiger partial charge in [0.05, 0.1) is 24.8 Å². The third-order valence-corrected chi connectivity index (χ3v) is 8.04. The van der Waals surface area contributed by atoms with Gasteiger partial charge in [0.25, 0.3) is 10.0 Å². The van der Waals surface area contributed by atoms with E-state index in [-0.39, 0.29) is 10.9 Å². The lowest BCUT2D eigenvalue weighted by molar-refractivity contribution is 0.206.